The molecule has 2 aromatic heterocycles. The number of hydrogen-bond donors (Lipinski definition) is 1. The fourth-order valence-corrected chi connectivity index (χ4v) is 1.37. The number of pyridine rings is 1. The SMILES string of the molecule is N#Cc1ccncc1NCCn1ccnc1. The maximum absolute atomic E-state index is 8.87. The van der Waals surface area contributed by atoms with Crippen LogP contribution in [0.3, 0.4) is 0 Å². The number of nitrogens with one attached hydrogen (secondary N) is 1. The van der Waals surface area contributed by atoms with Crippen molar-refractivity contribution in [3.63, 3.8) is 0 Å². The van der Waals surface area contributed by atoms with E-state index in [9.17, 15) is 0 Å². The molecule has 0 aromatic carbocycles. The van der Waals surface area contributed by atoms with Gasteiger partial charge in [-0.15, -0.1) is 0 Å². The third-order valence-corrected chi connectivity index (χ3v) is 2.19. The average molecular weight is 213 g/mol. The highest BCUT2D eigenvalue weighted by Gasteiger charge is 1.99. The second kappa shape index (κ2) is 4.94. The van der Waals surface area contributed by atoms with Crippen LogP contribution in [0.25, 0.3) is 0 Å². The molecule has 0 atom stereocenters. The van der Waals surface area contributed by atoms with Crippen LogP contribution < -0.4 is 5.32 Å². The Hall–Kier alpha value is -2.35. The predicted octanol–water partition coefficient (Wildman–Crippen LogP) is 1.26. The van der Waals surface area contributed by atoms with Crippen molar-refractivity contribution in [2.24, 2.45) is 0 Å². The summed E-state index contributed by atoms with van der Waals surface area (Å²) in [5, 5.41) is 12.0. The van der Waals surface area contributed by atoms with E-state index in [4.69, 9.17) is 5.26 Å². The molecule has 0 saturated carbocycles. The summed E-state index contributed by atoms with van der Waals surface area (Å²) in [4.78, 5) is 7.93. The van der Waals surface area contributed by atoms with Crippen LogP contribution in [0, 0.1) is 11.3 Å². The summed E-state index contributed by atoms with van der Waals surface area (Å²) in [5.74, 6) is 0. The zero-order valence-corrected chi connectivity index (χ0v) is 8.67. The highest BCUT2D eigenvalue weighted by molar-refractivity contribution is 5.55. The fraction of sp³-hybridized carbons (Fsp3) is 0.182. The van der Waals surface area contributed by atoms with Crippen LogP contribution in [0.2, 0.25) is 0 Å². The minimum Gasteiger partial charge on any atom is -0.381 e. The third kappa shape index (κ3) is 2.36. The van der Waals surface area contributed by atoms with Gasteiger partial charge in [-0.25, -0.2) is 4.98 Å². The van der Waals surface area contributed by atoms with Gasteiger partial charge in [0, 0.05) is 31.7 Å². The van der Waals surface area contributed by atoms with Gasteiger partial charge in [0.05, 0.1) is 23.8 Å². The smallest absolute Gasteiger partial charge is 0.101 e. The van der Waals surface area contributed by atoms with Crippen molar-refractivity contribution in [3.05, 3.63) is 42.7 Å². The van der Waals surface area contributed by atoms with Crippen LogP contribution in [0.15, 0.2) is 37.2 Å². The van der Waals surface area contributed by atoms with Crippen molar-refractivity contribution in [1.82, 2.24) is 14.5 Å². The normalized spacial score (nSPS) is 9.69. The Morgan fingerprint density at radius 3 is 3.06 bits per heavy atom. The first-order valence-electron chi connectivity index (χ1n) is 4.94. The molecule has 0 bridgehead atoms. The van der Waals surface area contributed by atoms with Crippen LogP contribution in [0.4, 0.5) is 5.69 Å². The first-order valence-corrected chi connectivity index (χ1v) is 4.94. The molecule has 5 heteroatoms. The Morgan fingerprint density at radius 2 is 2.31 bits per heavy atom. The summed E-state index contributed by atoms with van der Waals surface area (Å²) >= 11 is 0. The molecule has 0 saturated heterocycles. The van der Waals surface area contributed by atoms with Crippen LogP contribution in [0.1, 0.15) is 5.56 Å². The van der Waals surface area contributed by atoms with Crippen molar-refractivity contribution in [2.45, 2.75) is 6.54 Å². The van der Waals surface area contributed by atoms with E-state index in [1.54, 1.807) is 31.0 Å². The van der Waals surface area contributed by atoms with Gasteiger partial charge in [0.1, 0.15) is 6.07 Å². The molecule has 16 heavy (non-hydrogen) atoms. The molecule has 80 valence electrons. The van der Waals surface area contributed by atoms with Crippen molar-refractivity contribution in [3.8, 4) is 6.07 Å². The van der Waals surface area contributed by atoms with E-state index >= 15 is 0 Å². The second-order valence-corrected chi connectivity index (χ2v) is 3.26. The summed E-state index contributed by atoms with van der Waals surface area (Å²) in [6.07, 6.45) is 8.67. The zero-order valence-electron chi connectivity index (χ0n) is 8.67. The van der Waals surface area contributed by atoms with Crippen LogP contribution in [-0.4, -0.2) is 21.1 Å². The Kier molecular flexibility index (Phi) is 3.14. The molecular formula is C11H11N5. The summed E-state index contributed by atoms with van der Waals surface area (Å²) in [6, 6.07) is 3.81. The first kappa shape index (κ1) is 10.2. The van der Waals surface area contributed by atoms with Gasteiger partial charge in [0.25, 0.3) is 0 Å². The molecule has 2 aromatic rings. The Morgan fingerprint density at radius 1 is 1.38 bits per heavy atom. The lowest BCUT2D eigenvalue weighted by Crippen LogP contribution is -2.10. The Balaban J connectivity index is 1.93. The van der Waals surface area contributed by atoms with Gasteiger partial charge < -0.3 is 9.88 Å². The summed E-state index contributed by atoms with van der Waals surface area (Å²) < 4.78 is 1.97. The van der Waals surface area contributed by atoms with E-state index in [1.165, 1.54) is 0 Å². The monoisotopic (exact) mass is 213 g/mol. The lowest BCUT2D eigenvalue weighted by atomic mass is 10.2. The second-order valence-electron chi connectivity index (χ2n) is 3.26. The molecule has 0 aliphatic heterocycles. The first-order chi connectivity index (χ1) is 7.90. The highest BCUT2D eigenvalue weighted by Crippen LogP contribution is 2.10. The molecule has 0 aliphatic rings. The summed E-state index contributed by atoms with van der Waals surface area (Å²) in [6.45, 7) is 1.54. The van der Waals surface area contributed by atoms with Crippen molar-refractivity contribution in [2.75, 3.05) is 11.9 Å². The van der Waals surface area contributed by atoms with Crippen LogP contribution >= 0.6 is 0 Å². The lowest BCUT2D eigenvalue weighted by Gasteiger charge is -2.07. The van der Waals surface area contributed by atoms with Gasteiger partial charge in [0.15, 0.2) is 0 Å². The van der Waals surface area contributed by atoms with E-state index in [-0.39, 0.29) is 0 Å². The lowest BCUT2D eigenvalue weighted by molar-refractivity contribution is 0.726. The third-order valence-electron chi connectivity index (χ3n) is 2.19. The van der Waals surface area contributed by atoms with Crippen molar-refractivity contribution >= 4 is 5.69 Å². The number of hydrogen-bond acceptors (Lipinski definition) is 4. The molecule has 0 amide bonds. The quantitative estimate of drug-likeness (QED) is 0.830. The van der Waals surface area contributed by atoms with E-state index < -0.39 is 0 Å². The van der Waals surface area contributed by atoms with Gasteiger partial charge in [-0.05, 0) is 6.07 Å². The molecule has 0 aliphatic carbocycles. The van der Waals surface area contributed by atoms with Gasteiger partial charge in [-0.2, -0.15) is 5.26 Å². The highest BCUT2D eigenvalue weighted by atomic mass is 15.0. The Labute approximate surface area is 93.4 Å². The number of imidazole rings is 1. The van der Waals surface area contributed by atoms with Crippen LogP contribution in [-0.2, 0) is 6.54 Å². The maximum atomic E-state index is 8.87. The van der Waals surface area contributed by atoms with Gasteiger partial charge in [-0.3, -0.25) is 4.98 Å². The van der Waals surface area contributed by atoms with Crippen molar-refractivity contribution < 1.29 is 0 Å². The standard InChI is InChI=1S/C11H11N5/c12-7-10-1-2-13-8-11(10)15-4-6-16-5-3-14-9-16/h1-3,5,8-9,15H,4,6H2. The average Bonchev–Trinajstić information content (AvgIpc) is 2.83. The molecular weight excluding hydrogens is 202 g/mol. The van der Waals surface area contributed by atoms with Gasteiger partial charge >= 0.3 is 0 Å². The molecule has 0 fully saturated rings. The topological polar surface area (TPSA) is 66.5 Å². The minimum absolute atomic E-state index is 0.612. The molecule has 0 unspecified atom stereocenters. The fourth-order valence-electron chi connectivity index (χ4n) is 1.37. The van der Waals surface area contributed by atoms with E-state index in [0.717, 1.165) is 18.8 Å². The largest absolute Gasteiger partial charge is 0.381 e. The number of aromatic nitrogens is 3. The van der Waals surface area contributed by atoms with Crippen molar-refractivity contribution in [1.29, 1.82) is 5.26 Å². The summed E-state index contributed by atoms with van der Waals surface area (Å²) in [5.41, 5.74) is 1.38. The molecule has 0 spiro atoms. The molecule has 0 radical (unpaired) electrons. The van der Waals surface area contributed by atoms with E-state index in [0.29, 0.717) is 5.56 Å². The van der Waals surface area contributed by atoms with Gasteiger partial charge in [-0.1, -0.05) is 0 Å². The molecule has 1 N–H and O–H groups in total. The zero-order chi connectivity index (χ0) is 11.2. The van der Waals surface area contributed by atoms with E-state index in [2.05, 4.69) is 21.4 Å². The number of nitrogens with zero attached hydrogens (tertiary/aromatic N) is 4. The molecule has 2 heterocycles. The van der Waals surface area contributed by atoms with E-state index in [1.807, 2.05) is 10.8 Å². The number of nitriles is 1. The number of anilines is 1. The molecule has 5 nitrogen and oxygen atoms in total. The summed E-state index contributed by atoms with van der Waals surface area (Å²) in [7, 11) is 0. The van der Waals surface area contributed by atoms with Gasteiger partial charge in [0.2, 0.25) is 0 Å². The molecule has 2 rings (SSSR count). The maximum Gasteiger partial charge on any atom is 0.101 e. The predicted molar refractivity (Wildman–Crippen MR) is 59.7 cm³/mol. The number of rotatable bonds is 4. The Bertz CT molecular complexity index is 483. The van der Waals surface area contributed by atoms with Crippen LogP contribution in [0.5, 0.6) is 0 Å². The minimum atomic E-state index is 0.612.